The minimum atomic E-state index is 0.571. The monoisotopic (exact) mass is 741 g/mol. The third kappa shape index (κ3) is 5.05. The first kappa shape index (κ1) is 32.3. The SMILES string of the molecule is c1ccc(-c2nc(-c3cccc(-c4ccc5oc6ccc7c(-c8ccccc8)nc8ccccc8c7c6c5c4)c3)nc(-n3c4ccccc4c4ccccc43)n2)cc1. The molecule has 0 saturated heterocycles. The van der Waals surface area contributed by atoms with E-state index >= 15 is 0 Å². The summed E-state index contributed by atoms with van der Waals surface area (Å²) in [6.07, 6.45) is 0. The molecule has 0 aliphatic heterocycles. The molecule has 270 valence electrons. The van der Waals surface area contributed by atoms with E-state index in [0.717, 1.165) is 98.9 Å². The van der Waals surface area contributed by atoms with E-state index in [1.54, 1.807) is 0 Å². The molecule has 12 aromatic rings. The summed E-state index contributed by atoms with van der Waals surface area (Å²) in [5, 5.41) is 7.78. The lowest BCUT2D eigenvalue weighted by Crippen LogP contribution is -2.06. The fourth-order valence-corrected chi connectivity index (χ4v) is 8.59. The van der Waals surface area contributed by atoms with Crippen molar-refractivity contribution < 1.29 is 4.42 Å². The topological polar surface area (TPSA) is 69.6 Å². The Morgan fingerprint density at radius 2 is 0.931 bits per heavy atom. The van der Waals surface area contributed by atoms with E-state index < -0.39 is 0 Å². The second-order valence-electron chi connectivity index (χ2n) is 14.6. The van der Waals surface area contributed by atoms with Gasteiger partial charge in [0.1, 0.15) is 11.2 Å². The van der Waals surface area contributed by atoms with Crippen LogP contribution in [0.1, 0.15) is 0 Å². The molecule has 4 aromatic heterocycles. The molecule has 0 radical (unpaired) electrons. The summed E-state index contributed by atoms with van der Waals surface area (Å²) >= 11 is 0. The molecule has 0 spiro atoms. The first-order valence-electron chi connectivity index (χ1n) is 19.4. The Balaban J connectivity index is 1.05. The lowest BCUT2D eigenvalue weighted by molar-refractivity contribution is 0.669. The van der Waals surface area contributed by atoms with Crippen molar-refractivity contribution in [2.24, 2.45) is 0 Å². The van der Waals surface area contributed by atoms with E-state index in [1.165, 1.54) is 0 Å². The van der Waals surface area contributed by atoms with Crippen molar-refractivity contribution in [3.05, 3.63) is 188 Å². The number of aromatic nitrogens is 5. The molecule has 0 bridgehead atoms. The molecular formula is C52H31N5O. The lowest BCUT2D eigenvalue weighted by atomic mass is 9.95. The van der Waals surface area contributed by atoms with Crippen LogP contribution in [-0.4, -0.2) is 24.5 Å². The number of nitrogens with zero attached hydrogens (tertiary/aromatic N) is 5. The zero-order valence-electron chi connectivity index (χ0n) is 31.0. The largest absolute Gasteiger partial charge is 0.456 e. The first-order chi connectivity index (χ1) is 28.7. The van der Waals surface area contributed by atoms with E-state index in [-0.39, 0.29) is 0 Å². The molecule has 8 aromatic carbocycles. The number of pyridine rings is 1. The minimum Gasteiger partial charge on any atom is -0.456 e. The minimum absolute atomic E-state index is 0.571. The maximum atomic E-state index is 6.55. The molecule has 0 N–H and O–H groups in total. The molecule has 6 nitrogen and oxygen atoms in total. The third-order valence-electron chi connectivity index (χ3n) is 11.2. The molecule has 6 heteroatoms. The van der Waals surface area contributed by atoms with Gasteiger partial charge in [-0.25, -0.2) is 9.97 Å². The summed E-state index contributed by atoms with van der Waals surface area (Å²) in [7, 11) is 0. The van der Waals surface area contributed by atoms with Gasteiger partial charge in [-0.2, -0.15) is 9.97 Å². The Hall–Kier alpha value is -7.96. The number of benzene rings is 8. The van der Waals surface area contributed by atoms with Gasteiger partial charge in [-0.05, 0) is 59.7 Å². The van der Waals surface area contributed by atoms with E-state index in [9.17, 15) is 0 Å². The van der Waals surface area contributed by atoms with Gasteiger partial charge in [0.2, 0.25) is 5.95 Å². The van der Waals surface area contributed by atoms with Crippen LogP contribution in [0.2, 0.25) is 0 Å². The standard InChI is InChI=1S/C52H31N5O/c1-3-14-32(15-4-1)49-40-27-29-46-48(47(40)39-22-7-10-23-42(39)53-49)41-31-35(26-28-45(41)58-46)34-18-13-19-36(30-34)51-54-50(33-16-5-2-6-17-33)55-52(56-51)57-43-24-11-8-20-37(43)38-21-9-12-25-44(38)57/h1-31H. The molecule has 0 saturated carbocycles. The van der Waals surface area contributed by atoms with E-state index in [1.807, 2.05) is 36.4 Å². The normalized spacial score (nSPS) is 11.8. The van der Waals surface area contributed by atoms with Crippen molar-refractivity contribution in [3.8, 4) is 51.1 Å². The van der Waals surface area contributed by atoms with Crippen molar-refractivity contribution >= 4 is 65.4 Å². The molecule has 0 amide bonds. The molecule has 0 unspecified atom stereocenters. The third-order valence-corrected chi connectivity index (χ3v) is 11.2. The zero-order chi connectivity index (χ0) is 38.2. The smallest absolute Gasteiger partial charge is 0.238 e. The first-order valence-corrected chi connectivity index (χ1v) is 19.4. The van der Waals surface area contributed by atoms with Crippen LogP contribution in [0, 0.1) is 0 Å². The van der Waals surface area contributed by atoms with Gasteiger partial charge in [0, 0.05) is 54.4 Å². The maximum Gasteiger partial charge on any atom is 0.238 e. The number of hydrogen-bond acceptors (Lipinski definition) is 5. The Morgan fingerprint density at radius 3 is 1.69 bits per heavy atom. The highest BCUT2D eigenvalue weighted by atomic mass is 16.3. The highest BCUT2D eigenvalue weighted by Crippen LogP contribution is 2.42. The zero-order valence-corrected chi connectivity index (χ0v) is 31.0. The second-order valence-corrected chi connectivity index (χ2v) is 14.6. The van der Waals surface area contributed by atoms with Crippen LogP contribution in [0.3, 0.4) is 0 Å². The molecule has 4 heterocycles. The number of hydrogen-bond donors (Lipinski definition) is 0. The van der Waals surface area contributed by atoms with Crippen molar-refractivity contribution in [2.45, 2.75) is 0 Å². The summed E-state index contributed by atoms with van der Waals surface area (Å²) in [4.78, 5) is 20.6. The van der Waals surface area contributed by atoms with Gasteiger partial charge in [0.15, 0.2) is 11.6 Å². The average Bonchev–Trinajstić information content (AvgIpc) is 3.85. The quantitative estimate of drug-likeness (QED) is 0.164. The van der Waals surface area contributed by atoms with Crippen LogP contribution in [-0.2, 0) is 0 Å². The summed E-state index contributed by atoms with van der Waals surface area (Å²) < 4.78 is 8.70. The summed E-state index contributed by atoms with van der Waals surface area (Å²) in [6.45, 7) is 0. The van der Waals surface area contributed by atoms with Gasteiger partial charge in [0.25, 0.3) is 0 Å². The van der Waals surface area contributed by atoms with Gasteiger partial charge < -0.3 is 4.42 Å². The van der Waals surface area contributed by atoms with Crippen LogP contribution >= 0.6 is 0 Å². The molecule has 0 fully saturated rings. The summed E-state index contributed by atoms with van der Waals surface area (Å²) in [5.74, 6) is 1.78. The number of para-hydroxylation sites is 3. The van der Waals surface area contributed by atoms with Gasteiger partial charge in [0.05, 0.1) is 22.2 Å². The van der Waals surface area contributed by atoms with Crippen molar-refractivity contribution in [1.82, 2.24) is 24.5 Å². The molecule has 0 atom stereocenters. The van der Waals surface area contributed by atoms with Crippen molar-refractivity contribution in [3.63, 3.8) is 0 Å². The number of fused-ring (bicyclic) bond motifs is 10. The molecule has 0 aliphatic carbocycles. The average molecular weight is 742 g/mol. The van der Waals surface area contributed by atoms with Crippen LogP contribution in [0.4, 0.5) is 0 Å². The van der Waals surface area contributed by atoms with Gasteiger partial charge >= 0.3 is 0 Å². The predicted octanol–water partition coefficient (Wildman–Crippen LogP) is 13.2. The molecule has 12 rings (SSSR count). The lowest BCUT2D eigenvalue weighted by Gasteiger charge is -2.12. The summed E-state index contributed by atoms with van der Waals surface area (Å²) in [6, 6.07) is 65.0. The van der Waals surface area contributed by atoms with Crippen molar-refractivity contribution in [2.75, 3.05) is 0 Å². The van der Waals surface area contributed by atoms with E-state index in [0.29, 0.717) is 17.6 Å². The summed E-state index contributed by atoms with van der Waals surface area (Å²) in [5.41, 5.74) is 10.7. The second kappa shape index (κ2) is 12.8. The van der Waals surface area contributed by atoms with Crippen LogP contribution in [0.15, 0.2) is 192 Å². The van der Waals surface area contributed by atoms with E-state index in [4.69, 9.17) is 24.4 Å². The fraction of sp³-hybridized carbons (Fsp3) is 0. The molecule has 0 aliphatic rings. The molecular weight excluding hydrogens is 711 g/mol. The van der Waals surface area contributed by atoms with Gasteiger partial charge in [-0.1, -0.05) is 140 Å². The number of rotatable bonds is 5. The highest BCUT2D eigenvalue weighted by Gasteiger charge is 2.20. The van der Waals surface area contributed by atoms with Crippen molar-refractivity contribution in [1.29, 1.82) is 0 Å². The Kier molecular flexibility index (Phi) is 7.13. The molecule has 58 heavy (non-hydrogen) atoms. The Morgan fingerprint density at radius 1 is 0.345 bits per heavy atom. The van der Waals surface area contributed by atoms with Gasteiger partial charge in [-0.15, -0.1) is 0 Å². The number of furan rings is 1. The Bertz CT molecular complexity index is 3520. The van der Waals surface area contributed by atoms with Crippen LogP contribution in [0.25, 0.3) is 117 Å². The van der Waals surface area contributed by atoms with Crippen LogP contribution < -0.4 is 0 Å². The van der Waals surface area contributed by atoms with Crippen LogP contribution in [0.5, 0.6) is 0 Å². The Labute approximate surface area is 332 Å². The van der Waals surface area contributed by atoms with E-state index in [2.05, 4.69) is 156 Å². The van der Waals surface area contributed by atoms with Gasteiger partial charge in [-0.3, -0.25) is 4.57 Å². The maximum absolute atomic E-state index is 6.55. The highest BCUT2D eigenvalue weighted by molar-refractivity contribution is 6.28. The fourth-order valence-electron chi connectivity index (χ4n) is 8.59. The predicted molar refractivity (Wildman–Crippen MR) is 236 cm³/mol.